The summed E-state index contributed by atoms with van der Waals surface area (Å²) in [5.41, 5.74) is 1.28. The van der Waals surface area contributed by atoms with E-state index < -0.39 is 0 Å². The third-order valence-corrected chi connectivity index (χ3v) is 7.20. The van der Waals surface area contributed by atoms with Crippen LogP contribution >= 0.6 is 11.3 Å². The Labute approximate surface area is 200 Å². The van der Waals surface area contributed by atoms with Crippen molar-refractivity contribution >= 4 is 50.6 Å². The second-order valence-corrected chi connectivity index (χ2v) is 9.69. The number of aromatic nitrogens is 2. The molecule has 3 aromatic rings. The third-order valence-electron chi connectivity index (χ3n) is 6.01. The van der Waals surface area contributed by atoms with E-state index in [0.717, 1.165) is 24.2 Å². The van der Waals surface area contributed by atoms with Crippen LogP contribution < -0.4 is 16.2 Å². The highest BCUT2D eigenvalue weighted by Crippen LogP contribution is 2.28. The standard InChI is InChI=1S/C24H27N5O4S/c1-14-7-9-28(10-8-14)19(31)12-29-13-25-23-20(24(29)33)15(2)21(34-23)22(32)27-18-6-4-5-17(11-18)26-16(3)30/h4-6,11,13-14H,7-10,12H2,1-3H3,(H,26,30)(H,27,32). The van der Waals surface area contributed by atoms with E-state index in [0.29, 0.717) is 51.0 Å². The lowest BCUT2D eigenvalue weighted by molar-refractivity contribution is -0.133. The fourth-order valence-corrected chi connectivity index (χ4v) is 5.09. The van der Waals surface area contributed by atoms with Crippen molar-refractivity contribution in [1.82, 2.24) is 14.5 Å². The molecule has 0 spiro atoms. The Morgan fingerprint density at radius 3 is 2.50 bits per heavy atom. The summed E-state index contributed by atoms with van der Waals surface area (Å²) >= 11 is 1.13. The fourth-order valence-electron chi connectivity index (χ4n) is 4.06. The predicted octanol–water partition coefficient (Wildman–Crippen LogP) is 3.24. The smallest absolute Gasteiger partial charge is 0.266 e. The average molecular weight is 482 g/mol. The van der Waals surface area contributed by atoms with Crippen molar-refractivity contribution in [1.29, 1.82) is 0 Å². The molecular formula is C24H27N5O4S. The van der Waals surface area contributed by atoms with Crippen molar-refractivity contribution in [2.24, 2.45) is 5.92 Å². The van der Waals surface area contributed by atoms with Crippen LogP contribution in [0.25, 0.3) is 10.2 Å². The number of anilines is 2. The molecule has 0 saturated carbocycles. The summed E-state index contributed by atoms with van der Waals surface area (Å²) in [4.78, 5) is 57.1. The van der Waals surface area contributed by atoms with Gasteiger partial charge in [-0.15, -0.1) is 11.3 Å². The van der Waals surface area contributed by atoms with Crippen LogP contribution in [0.5, 0.6) is 0 Å². The minimum absolute atomic E-state index is 0.0666. The number of carbonyl (C=O) groups is 3. The molecule has 4 rings (SSSR count). The Kier molecular flexibility index (Phi) is 6.78. The molecule has 1 aromatic carbocycles. The zero-order chi connectivity index (χ0) is 24.4. The monoisotopic (exact) mass is 481 g/mol. The quantitative estimate of drug-likeness (QED) is 0.581. The van der Waals surface area contributed by atoms with Crippen LogP contribution in [0.4, 0.5) is 11.4 Å². The summed E-state index contributed by atoms with van der Waals surface area (Å²) in [6.07, 6.45) is 3.31. The first-order chi connectivity index (χ1) is 16.2. The number of fused-ring (bicyclic) bond motifs is 1. The van der Waals surface area contributed by atoms with E-state index in [2.05, 4.69) is 22.5 Å². The second-order valence-electron chi connectivity index (χ2n) is 8.69. The molecule has 1 aliphatic heterocycles. The van der Waals surface area contributed by atoms with Crippen LogP contribution in [0.15, 0.2) is 35.4 Å². The number of nitrogens with zero attached hydrogens (tertiary/aromatic N) is 3. The van der Waals surface area contributed by atoms with Gasteiger partial charge in [0.05, 0.1) is 16.6 Å². The summed E-state index contributed by atoms with van der Waals surface area (Å²) in [7, 11) is 0. The lowest BCUT2D eigenvalue weighted by Gasteiger charge is -2.30. The van der Waals surface area contributed by atoms with Gasteiger partial charge in [-0.25, -0.2) is 4.98 Å². The molecule has 3 heterocycles. The van der Waals surface area contributed by atoms with Gasteiger partial charge in [-0.05, 0) is 49.4 Å². The van der Waals surface area contributed by atoms with Gasteiger partial charge in [-0.1, -0.05) is 13.0 Å². The molecule has 34 heavy (non-hydrogen) atoms. The Bertz CT molecular complexity index is 1320. The molecule has 0 unspecified atom stereocenters. The highest BCUT2D eigenvalue weighted by molar-refractivity contribution is 7.20. The van der Waals surface area contributed by atoms with E-state index in [1.54, 1.807) is 36.1 Å². The third kappa shape index (κ3) is 5.01. The Morgan fingerprint density at radius 2 is 1.82 bits per heavy atom. The lowest BCUT2D eigenvalue weighted by Crippen LogP contribution is -2.41. The molecule has 178 valence electrons. The zero-order valence-electron chi connectivity index (χ0n) is 19.4. The first-order valence-electron chi connectivity index (χ1n) is 11.2. The number of hydrogen-bond donors (Lipinski definition) is 2. The average Bonchev–Trinajstić information content (AvgIpc) is 3.13. The number of likely N-dealkylation sites (tertiary alicyclic amines) is 1. The molecule has 0 bridgehead atoms. The van der Waals surface area contributed by atoms with Gasteiger partial charge in [0.25, 0.3) is 11.5 Å². The maximum absolute atomic E-state index is 13.1. The minimum atomic E-state index is -0.370. The number of aryl methyl sites for hydroxylation is 1. The summed E-state index contributed by atoms with van der Waals surface area (Å²) < 4.78 is 1.32. The number of piperidine rings is 1. The zero-order valence-corrected chi connectivity index (χ0v) is 20.2. The minimum Gasteiger partial charge on any atom is -0.341 e. The number of amides is 3. The summed E-state index contributed by atoms with van der Waals surface area (Å²) in [5.74, 6) is -0.0693. The molecule has 2 N–H and O–H groups in total. The van der Waals surface area contributed by atoms with Crippen LogP contribution in [0, 0.1) is 12.8 Å². The number of carbonyl (C=O) groups excluding carboxylic acids is 3. The van der Waals surface area contributed by atoms with Crippen LogP contribution in [0.3, 0.4) is 0 Å². The number of hydrogen-bond acceptors (Lipinski definition) is 6. The van der Waals surface area contributed by atoms with Gasteiger partial charge in [0.1, 0.15) is 11.4 Å². The summed E-state index contributed by atoms with van der Waals surface area (Å²) in [5, 5.41) is 5.83. The Hall–Kier alpha value is -3.53. The van der Waals surface area contributed by atoms with Gasteiger partial charge in [0, 0.05) is 31.4 Å². The molecule has 0 radical (unpaired) electrons. The second kappa shape index (κ2) is 9.76. The molecule has 9 nitrogen and oxygen atoms in total. The van der Waals surface area contributed by atoms with Crippen LogP contribution in [-0.2, 0) is 16.1 Å². The molecule has 2 aromatic heterocycles. The van der Waals surface area contributed by atoms with E-state index in [9.17, 15) is 19.2 Å². The van der Waals surface area contributed by atoms with Gasteiger partial charge in [0.15, 0.2) is 0 Å². The van der Waals surface area contributed by atoms with Gasteiger partial charge in [0.2, 0.25) is 11.8 Å². The van der Waals surface area contributed by atoms with Crippen LogP contribution in [0.1, 0.15) is 41.9 Å². The summed E-state index contributed by atoms with van der Waals surface area (Å²) in [6.45, 7) is 6.64. The van der Waals surface area contributed by atoms with E-state index >= 15 is 0 Å². The first-order valence-corrected chi connectivity index (χ1v) is 12.0. The van der Waals surface area contributed by atoms with Crippen LogP contribution in [0.2, 0.25) is 0 Å². The molecule has 1 aliphatic rings. The summed E-state index contributed by atoms with van der Waals surface area (Å²) in [6, 6.07) is 6.81. The van der Waals surface area contributed by atoms with Crippen molar-refractivity contribution in [3.63, 3.8) is 0 Å². The fraction of sp³-hybridized carbons (Fsp3) is 0.375. The number of rotatable bonds is 5. The Balaban J connectivity index is 1.55. The molecule has 0 atom stereocenters. The predicted molar refractivity (Wildman–Crippen MR) is 132 cm³/mol. The SMILES string of the molecule is CC(=O)Nc1cccc(NC(=O)c2sc3ncn(CC(=O)N4CCC(C)CC4)c(=O)c3c2C)c1. The van der Waals surface area contributed by atoms with E-state index in [1.807, 2.05) is 0 Å². The lowest BCUT2D eigenvalue weighted by atomic mass is 9.99. The molecule has 0 aliphatic carbocycles. The van der Waals surface area contributed by atoms with Crippen molar-refractivity contribution in [2.45, 2.75) is 40.2 Å². The van der Waals surface area contributed by atoms with Crippen molar-refractivity contribution < 1.29 is 14.4 Å². The van der Waals surface area contributed by atoms with E-state index in [4.69, 9.17) is 0 Å². The highest BCUT2D eigenvalue weighted by atomic mass is 32.1. The maximum atomic E-state index is 13.1. The number of nitrogens with one attached hydrogen (secondary N) is 2. The van der Waals surface area contributed by atoms with Crippen LogP contribution in [-0.4, -0.2) is 45.3 Å². The first kappa shape index (κ1) is 23.6. The largest absolute Gasteiger partial charge is 0.341 e. The highest BCUT2D eigenvalue weighted by Gasteiger charge is 2.23. The normalized spacial score (nSPS) is 14.3. The topological polar surface area (TPSA) is 113 Å². The molecule has 1 fully saturated rings. The van der Waals surface area contributed by atoms with E-state index in [1.165, 1.54) is 17.8 Å². The number of benzene rings is 1. The Morgan fingerprint density at radius 1 is 1.15 bits per heavy atom. The van der Waals surface area contributed by atoms with Gasteiger partial charge < -0.3 is 15.5 Å². The van der Waals surface area contributed by atoms with Crippen molar-refractivity contribution in [2.75, 3.05) is 23.7 Å². The number of thiophene rings is 1. The molecule has 1 saturated heterocycles. The molecular weight excluding hydrogens is 454 g/mol. The van der Waals surface area contributed by atoms with E-state index in [-0.39, 0.29) is 29.8 Å². The molecule has 3 amide bonds. The van der Waals surface area contributed by atoms with Gasteiger partial charge in [-0.3, -0.25) is 23.7 Å². The van der Waals surface area contributed by atoms with Gasteiger partial charge >= 0.3 is 0 Å². The van der Waals surface area contributed by atoms with Crippen molar-refractivity contribution in [3.05, 3.63) is 51.4 Å². The molecule has 10 heteroatoms. The van der Waals surface area contributed by atoms with Crippen molar-refractivity contribution in [3.8, 4) is 0 Å². The van der Waals surface area contributed by atoms with Gasteiger partial charge in [-0.2, -0.15) is 0 Å². The maximum Gasteiger partial charge on any atom is 0.266 e.